The molecular formula is C8H14INO2. The Hall–Kier alpha value is 0.160. The van der Waals surface area contributed by atoms with E-state index in [0.29, 0.717) is 6.04 Å². The Kier molecular flexibility index (Phi) is 2.98. The van der Waals surface area contributed by atoms with E-state index < -0.39 is 0 Å². The van der Waals surface area contributed by atoms with E-state index >= 15 is 0 Å². The number of carbonyl (C=O) groups is 1. The Bertz CT molecular complexity index is 187. The van der Waals surface area contributed by atoms with Crippen LogP contribution in [0.3, 0.4) is 0 Å². The number of rotatable bonds is 3. The van der Waals surface area contributed by atoms with Crippen molar-refractivity contribution >= 4 is 28.6 Å². The maximum Gasteiger partial charge on any atom is 0.319 e. The summed E-state index contributed by atoms with van der Waals surface area (Å²) in [6.07, 6.45) is 0. The predicted octanol–water partition coefficient (Wildman–Crippen LogP) is 1.10. The maximum absolute atomic E-state index is 11.2. The highest BCUT2D eigenvalue weighted by atomic mass is 127. The SMILES string of the molecule is CC(I)C(=O)OC(C)(C)C1CN1. The summed E-state index contributed by atoms with van der Waals surface area (Å²) in [6, 6.07) is 0.344. The first-order chi connectivity index (χ1) is 5.43. The fourth-order valence-electron chi connectivity index (χ4n) is 0.962. The summed E-state index contributed by atoms with van der Waals surface area (Å²) in [4.78, 5) is 11.2. The second kappa shape index (κ2) is 3.49. The van der Waals surface area contributed by atoms with E-state index in [-0.39, 0.29) is 15.5 Å². The molecule has 3 nitrogen and oxygen atoms in total. The molecule has 1 rings (SSSR count). The second-order valence-electron chi connectivity index (χ2n) is 3.60. The van der Waals surface area contributed by atoms with Crippen LogP contribution in [0.2, 0.25) is 0 Å². The first-order valence-electron chi connectivity index (χ1n) is 4.04. The van der Waals surface area contributed by atoms with Crippen molar-refractivity contribution in [3.8, 4) is 0 Å². The number of alkyl halides is 1. The van der Waals surface area contributed by atoms with Gasteiger partial charge in [-0.15, -0.1) is 0 Å². The molecule has 2 atom stereocenters. The fraction of sp³-hybridized carbons (Fsp3) is 0.875. The molecule has 1 aliphatic heterocycles. The molecular weight excluding hydrogens is 269 g/mol. The zero-order chi connectivity index (χ0) is 9.35. The predicted molar refractivity (Wildman–Crippen MR) is 55.4 cm³/mol. The van der Waals surface area contributed by atoms with Crippen molar-refractivity contribution in [2.45, 2.75) is 36.3 Å². The van der Waals surface area contributed by atoms with Crippen LogP contribution in [-0.2, 0) is 9.53 Å². The van der Waals surface area contributed by atoms with Crippen LogP contribution in [0.25, 0.3) is 0 Å². The van der Waals surface area contributed by atoms with Gasteiger partial charge in [0.05, 0.1) is 6.04 Å². The summed E-state index contributed by atoms with van der Waals surface area (Å²) in [7, 11) is 0. The molecule has 0 bridgehead atoms. The van der Waals surface area contributed by atoms with Crippen LogP contribution in [0.4, 0.5) is 0 Å². The Labute approximate surface area is 86.4 Å². The van der Waals surface area contributed by atoms with Crippen LogP contribution >= 0.6 is 22.6 Å². The first kappa shape index (κ1) is 10.2. The first-order valence-corrected chi connectivity index (χ1v) is 5.28. The highest BCUT2D eigenvalue weighted by molar-refractivity contribution is 14.1. The third kappa shape index (κ3) is 2.58. The quantitative estimate of drug-likeness (QED) is 0.365. The highest BCUT2D eigenvalue weighted by Crippen LogP contribution is 2.22. The van der Waals surface area contributed by atoms with E-state index in [0.717, 1.165) is 6.54 Å². The summed E-state index contributed by atoms with van der Waals surface area (Å²) in [6.45, 7) is 6.67. The third-order valence-electron chi connectivity index (χ3n) is 1.94. The number of carbonyl (C=O) groups excluding carboxylic acids is 1. The van der Waals surface area contributed by atoms with Gasteiger partial charge in [0.1, 0.15) is 9.53 Å². The van der Waals surface area contributed by atoms with Gasteiger partial charge in [0, 0.05) is 6.54 Å². The average Bonchev–Trinajstić information content (AvgIpc) is 2.65. The number of hydrogen-bond acceptors (Lipinski definition) is 3. The Morgan fingerprint density at radius 2 is 2.25 bits per heavy atom. The molecule has 2 unspecified atom stereocenters. The third-order valence-corrected chi connectivity index (χ3v) is 2.44. The molecule has 1 saturated heterocycles. The lowest BCUT2D eigenvalue weighted by Gasteiger charge is -2.24. The molecule has 0 aliphatic carbocycles. The van der Waals surface area contributed by atoms with Crippen LogP contribution in [0.5, 0.6) is 0 Å². The fourth-order valence-corrected chi connectivity index (χ4v) is 1.09. The molecule has 0 amide bonds. The molecule has 1 fully saturated rings. The Balaban J connectivity index is 2.43. The average molecular weight is 283 g/mol. The molecule has 0 radical (unpaired) electrons. The van der Waals surface area contributed by atoms with Crippen molar-refractivity contribution in [1.29, 1.82) is 0 Å². The topological polar surface area (TPSA) is 48.2 Å². The van der Waals surface area contributed by atoms with Crippen LogP contribution in [-0.4, -0.2) is 28.1 Å². The van der Waals surface area contributed by atoms with Crippen molar-refractivity contribution in [3.63, 3.8) is 0 Å². The van der Waals surface area contributed by atoms with Crippen molar-refractivity contribution < 1.29 is 9.53 Å². The lowest BCUT2D eigenvalue weighted by atomic mass is 10.1. The summed E-state index contributed by atoms with van der Waals surface area (Å²) in [5, 5.41) is 3.14. The highest BCUT2D eigenvalue weighted by Gasteiger charge is 2.41. The molecule has 1 aliphatic rings. The van der Waals surface area contributed by atoms with Gasteiger partial charge < -0.3 is 10.1 Å². The monoisotopic (exact) mass is 283 g/mol. The largest absolute Gasteiger partial charge is 0.457 e. The minimum absolute atomic E-state index is 0.0689. The summed E-state index contributed by atoms with van der Waals surface area (Å²) >= 11 is 2.06. The number of esters is 1. The Morgan fingerprint density at radius 3 is 2.58 bits per heavy atom. The second-order valence-corrected chi connectivity index (χ2v) is 5.47. The van der Waals surface area contributed by atoms with Crippen LogP contribution < -0.4 is 5.32 Å². The van der Waals surface area contributed by atoms with Crippen molar-refractivity contribution in [2.75, 3.05) is 6.54 Å². The molecule has 1 N–H and O–H groups in total. The number of ether oxygens (including phenoxy) is 1. The molecule has 0 saturated carbocycles. The maximum atomic E-state index is 11.2. The van der Waals surface area contributed by atoms with E-state index in [1.807, 2.05) is 20.8 Å². The van der Waals surface area contributed by atoms with E-state index in [1.54, 1.807) is 0 Å². The molecule has 70 valence electrons. The smallest absolute Gasteiger partial charge is 0.319 e. The Morgan fingerprint density at radius 1 is 1.75 bits per heavy atom. The number of nitrogens with one attached hydrogen (secondary N) is 1. The molecule has 4 heteroatoms. The van der Waals surface area contributed by atoms with Crippen molar-refractivity contribution in [1.82, 2.24) is 5.32 Å². The van der Waals surface area contributed by atoms with Gasteiger partial charge in [0.2, 0.25) is 0 Å². The standard InChI is InChI=1S/C8H14INO2/c1-5(9)7(11)12-8(2,3)6-4-10-6/h5-6,10H,4H2,1-3H3. The molecule has 1 heterocycles. The molecule has 0 spiro atoms. The normalized spacial score (nSPS) is 24.8. The molecule has 0 aromatic heterocycles. The van der Waals surface area contributed by atoms with Gasteiger partial charge in [-0.1, -0.05) is 22.6 Å². The van der Waals surface area contributed by atoms with Gasteiger partial charge in [-0.25, -0.2) is 0 Å². The van der Waals surface area contributed by atoms with Crippen LogP contribution in [0.15, 0.2) is 0 Å². The van der Waals surface area contributed by atoms with Gasteiger partial charge in [-0.05, 0) is 20.8 Å². The van der Waals surface area contributed by atoms with Gasteiger partial charge in [-0.3, -0.25) is 4.79 Å². The van der Waals surface area contributed by atoms with Crippen molar-refractivity contribution in [2.24, 2.45) is 0 Å². The molecule has 0 aromatic rings. The zero-order valence-electron chi connectivity index (χ0n) is 7.56. The summed E-state index contributed by atoms with van der Waals surface area (Å²) < 4.78 is 5.25. The minimum atomic E-state index is -0.351. The van der Waals surface area contributed by atoms with Crippen molar-refractivity contribution in [3.05, 3.63) is 0 Å². The lowest BCUT2D eigenvalue weighted by Crippen LogP contribution is -2.37. The minimum Gasteiger partial charge on any atom is -0.457 e. The van der Waals surface area contributed by atoms with E-state index in [1.165, 1.54) is 0 Å². The van der Waals surface area contributed by atoms with Gasteiger partial charge in [0.25, 0.3) is 0 Å². The van der Waals surface area contributed by atoms with Gasteiger partial charge in [-0.2, -0.15) is 0 Å². The van der Waals surface area contributed by atoms with Crippen LogP contribution in [0, 0.1) is 0 Å². The summed E-state index contributed by atoms with van der Waals surface area (Å²) in [5.74, 6) is -0.130. The number of hydrogen-bond donors (Lipinski definition) is 1. The summed E-state index contributed by atoms with van der Waals surface area (Å²) in [5.41, 5.74) is -0.351. The van der Waals surface area contributed by atoms with Gasteiger partial charge >= 0.3 is 5.97 Å². The van der Waals surface area contributed by atoms with E-state index in [4.69, 9.17) is 4.74 Å². The van der Waals surface area contributed by atoms with Gasteiger partial charge in [0.15, 0.2) is 0 Å². The zero-order valence-corrected chi connectivity index (χ0v) is 9.71. The van der Waals surface area contributed by atoms with Crippen LogP contribution in [0.1, 0.15) is 20.8 Å². The number of halogens is 1. The van der Waals surface area contributed by atoms with E-state index in [2.05, 4.69) is 27.9 Å². The molecule has 12 heavy (non-hydrogen) atoms. The molecule has 0 aromatic carbocycles. The lowest BCUT2D eigenvalue weighted by molar-refractivity contribution is -0.154. The van der Waals surface area contributed by atoms with E-state index in [9.17, 15) is 4.79 Å².